The number of carbonyl (C=O) groups is 3. The fourth-order valence-electron chi connectivity index (χ4n) is 3.18. The number of nitrogens with one attached hydrogen (secondary N) is 2. The summed E-state index contributed by atoms with van der Waals surface area (Å²) in [5.74, 6) is -3.27. The van der Waals surface area contributed by atoms with Gasteiger partial charge in [-0.1, -0.05) is 56.3 Å². The summed E-state index contributed by atoms with van der Waals surface area (Å²) < 4.78 is 27.5. The molecule has 10 heteroatoms. The Labute approximate surface area is 192 Å². The van der Waals surface area contributed by atoms with Gasteiger partial charge < -0.3 is 15.5 Å². The van der Waals surface area contributed by atoms with Crippen LogP contribution in [0, 0.1) is 5.92 Å². The van der Waals surface area contributed by atoms with Crippen molar-refractivity contribution in [2.75, 3.05) is 0 Å². The summed E-state index contributed by atoms with van der Waals surface area (Å²) in [6.45, 7) is 3.62. The van der Waals surface area contributed by atoms with Crippen molar-refractivity contribution in [2.45, 2.75) is 50.1 Å². The van der Waals surface area contributed by atoms with Crippen LogP contribution in [0.15, 0.2) is 59.5 Å². The lowest BCUT2D eigenvalue weighted by atomic mass is 10.0. The number of carboxylic acids is 2. The first-order valence-corrected chi connectivity index (χ1v) is 11.9. The maximum absolute atomic E-state index is 12.7. The zero-order chi connectivity index (χ0) is 24.6. The van der Waals surface area contributed by atoms with Crippen molar-refractivity contribution in [1.29, 1.82) is 0 Å². The number of hydrogen-bond donors (Lipinski definition) is 4. The fraction of sp³-hybridized carbons (Fsp3) is 0.348. The molecule has 9 nitrogen and oxygen atoms in total. The lowest BCUT2D eigenvalue weighted by Crippen LogP contribution is -2.44. The molecule has 0 radical (unpaired) electrons. The van der Waals surface area contributed by atoms with E-state index in [-0.39, 0.29) is 30.1 Å². The third kappa shape index (κ3) is 7.99. The number of hydrogen-bond acceptors (Lipinski definition) is 5. The molecule has 0 aliphatic carbocycles. The highest BCUT2D eigenvalue weighted by Crippen LogP contribution is 2.21. The molecule has 33 heavy (non-hydrogen) atoms. The van der Waals surface area contributed by atoms with Crippen LogP contribution in [0.1, 0.15) is 33.1 Å². The topological polar surface area (TPSA) is 150 Å². The number of carbonyl (C=O) groups excluding carboxylic acids is 1. The zero-order valence-electron chi connectivity index (χ0n) is 18.4. The van der Waals surface area contributed by atoms with Crippen LogP contribution in [0.2, 0.25) is 0 Å². The van der Waals surface area contributed by atoms with Gasteiger partial charge in [0.15, 0.2) is 0 Å². The van der Waals surface area contributed by atoms with Crippen molar-refractivity contribution in [3.8, 4) is 11.1 Å². The highest BCUT2D eigenvalue weighted by molar-refractivity contribution is 7.89. The molecule has 0 aliphatic rings. The molecule has 1 amide bonds. The molecule has 2 rings (SSSR count). The van der Waals surface area contributed by atoms with E-state index in [0.717, 1.165) is 11.1 Å². The Bertz CT molecular complexity index is 1070. The van der Waals surface area contributed by atoms with Crippen LogP contribution in [0.5, 0.6) is 0 Å². The largest absolute Gasteiger partial charge is 0.480 e. The molecular weight excluding hydrogens is 448 g/mol. The average molecular weight is 477 g/mol. The number of amides is 1. The Morgan fingerprint density at radius 2 is 1.39 bits per heavy atom. The quantitative estimate of drug-likeness (QED) is 0.367. The standard InChI is InChI=1S/C23H28N2O7S/c1-15(2)14-20(23(29)30)24-21(26)13-12-19(22(27)28)25-33(31,32)18-10-8-17(9-11-18)16-6-4-3-5-7-16/h3-11,15,19-20,25H,12-14H2,1-2H3,(H,24,26)(H,27,28)(H,29,30)/t19-,20-/m0/s1. The predicted octanol–water partition coefficient (Wildman–Crippen LogP) is 2.48. The van der Waals surface area contributed by atoms with E-state index in [0.29, 0.717) is 0 Å². The molecule has 2 aromatic carbocycles. The fourth-order valence-corrected chi connectivity index (χ4v) is 4.40. The van der Waals surface area contributed by atoms with Crippen LogP contribution < -0.4 is 10.0 Å². The van der Waals surface area contributed by atoms with Crippen molar-refractivity contribution < 1.29 is 33.0 Å². The predicted molar refractivity (Wildman–Crippen MR) is 122 cm³/mol. The lowest BCUT2D eigenvalue weighted by molar-refractivity contribution is -0.143. The molecule has 0 aliphatic heterocycles. The highest BCUT2D eigenvalue weighted by Gasteiger charge is 2.27. The van der Waals surface area contributed by atoms with Gasteiger partial charge in [0, 0.05) is 6.42 Å². The molecular formula is C23H28N2O7S. The van der Waals surface area contributed by atoms with Crippen LogP contribution in [-0.2, 0) is 24.4 Å². The van der Waals surface area contributed by atoms with Crippen LogP contribution in [0.25, 0.3) is 11.1 Å². The third-order valence-corrected chi connectivity index (χ3v) is 6.36. The van der Waals surface area contributed by atoms with Gasteiger partial charge in [-0.05, 0) is 42.0 Å². The number of benzene rings is 2. The Kier molecular flexibility index (Phi) is 9.12. The first kappa shape index (κ1) is 26.0. The molecule has 0 unspecified atom stereocenters. The first-order chi connectivity index (χ1) is 15.5. The van der Waals surface area contributed by atoms with Gasteiger partial charge in [-0.2, -0.15) is 4.72 Å². The van der Waals surface area contributed by atoms with E-state index in [9.17, 15) is 33.0 Å². The molecule has 0 saturated carbocycles. The Hall–Kier alpha value is -3.24. The molecule has 4 N–H and O–H groups in total. The second kappa shape index (κ2) is 11.6. The zero-order valence-corrected chi connectivity index (χ0v) is 19.2. The van der Waals surface area contributed by atoms with E-state index < -0.39 is 40.0 Å². The summed E-state index contributed by atoms with van der Waals surface area (Å²) in [5, 5.41) is 21.0. The van der Waals surface area contributed by atoms with Gasteiger partial charge in [0.1, 0.15) is 12.1 Å². The first-order valence-electron chi connectivity index (χ1n) is 10.4. The molecule has 0 bridgehead atoms. The maximum atomic E-state index is 12.7. The van der Waals surface area contributed by atoms with Crippen molar-refractivity contribution in [3.63, 3.8) is 0 Å². The van der Waals surface area contributed by atoms with Crippen molar-refractivity contribution in [1.82, 2.24) is 10.0 Å². The van der Waals surface area contributed by atoms with E-state index in [2.05, 4.69) is 10.0 Å². The van der Waals surface area contributed by atoms with E-state index in [1.807, 2.05) is 44.2 Å². The highest BCUT2D eigenvalue weighted by atomic mass is 32.2. The smallest absolute Gasteiger partial charge is 0.326 e. The van der Waals surface area contributed by atoms with Crippen LogP contribution in [0.4, 0.5) is 0 Å². The minimum absolute atomic E-state index is 0.0262. The SMILES string of the molecule is CC(C)C[C@H](NC(=O)CC[C@H](NS(=O)(=O)c1ccc(-c2ccccc2)cc1)C(=O)O)C(=O)O. The summed E-state index contributed by atoms with van der Waals surface area (Å²) in [7, 11) is -4.16. The average Bonchev–Trinajstić information content (AvgIpc) is 2.76. The third-order valence-electron chi connectivity index (χ3n) is 4.87. The Balaban J connectivity index is 2.03. The van der Waals surface area contributed by atoms with Crippen LogP contribution >= 0.6 is 0 Å². The molecule has 2 atom stereocenters. The van der Waals surface area contributed by atoms with E-state index >= 15 is 0 Å². The minimum Gasteiger partial charge on any atom is -0.480 e. The van der Waals surface area contributed by atoms with E-state index in [4.69, 9.17) is 0 Å². The Morgan fingerprint density at radius 1 is 0.848 bits per heavy atom. The van der Waals surface area contributed by atoms with Gasteiger partial charge in [0.25, 0.3) is 0 Å². The van der Waals surface area contributed by atoms with E-state index in [1.165, 1.54) is 12.1 Å². The van der Waals surface area contributed by atoms with Crippen LogP contribution in [-0.4, -0.2) is 48.6 Å². The molecule has 0 saturated heterocycles. The van der Waals surface area contributed by atoms with Crippen molar-refractivity contribution in [2.24, 2.45) is 5.92 Å². The van der Waals surface area contributed by atoms with Gasteiger partial charge in [-0.15, -0.1) is 0 Å². The van der Waals surface area contributed by atoms with Crippen molar-refractivity contribution >= 4 is 27.9 Å². The summed E-state index contributed by atoms with van der Waals surface area (Å²) in [4.78, 5) is 34.9. The van der Waals surface area contributed by atoms with Gasteiger partial charge in [-0.3, -0.25) is 9.59 Å². The summed E-state index contributed by atoms with van der Waals surface area (Å²) >= 11 is 0. The van der Waals surface area contributed by atoms with Gasteiger partial charge >= 0.3 is 11.9 Å². The normalized spacial score (nSPS) is 13.3. The monoisotopic (exact) mass is 476 g/mol. The second-order valence-electron chi connectivity index (χ2n) is 8.03. The van der Waals surface area contributed by atoms with Crippen molar-refractivity contribution in [3.05, 3.63) is 54.6 Å². The summed E-state index contributed by atoms with van der Waals surface area (Å²) in [5.41, 5.74) is 1.70. The molecule has 178 valence electrons. The van der Waals surface area contributed by atoms with Crippen LogP contribution in [0.3, 0.4) is 0 Å². The maximum Gasteiger partial charge on any atom is 0.326 e. The minimum atomic E-state index is -4.16. The number of sulfonamides is 1. The molecule has 0 spiro atoms. The molecule has 2 aromatic rings. The van der Waals surface area contributed by atoms with Gasteiger partial charge in [0.05, 0.1) is 4.90 Å². The lowest BCUT2D eigenvalue weighted by Gasteiger charge is -2.18. The molecule has 0 aromatic heterocycles. The number of carboxylic acid groups (broad SMARTS) is 2. The van der Waals surface area contributed by atoms with E-state index in [1.54, 1.807) is 12.1 Å². The summed E-state index contributed by atoms with van der Waals surface area (Å²) in [6.07, 6.45) is -0.472. The summed E-state index contributed by atoms with van der Waals surface area (Å²) in [6, 6.07) is 12.7. The van der Waals surface area contributed by atoms with Gasteiger partial charge in [0.2, 0.25) is 15.9 Å². The van der Waals surface area contributed by atoms with Gasteiger partial charge in [-0.25, -0.2) is 13.2 Å². The molecule has 0 heterocycles. The molecule has 0 fully saturated rings. The number of rotatable bonds is 12. The Morgan fingerprint density at radius 3 is 1.91 bits per heavy atom. The number of aliphatic carboxylic acids is 2. The second-order valence-corrected chi connectivity index (χ2v) is 9.74.